The molecule has 0 aromatic carbocycles. The summed E-state index contributed by atoms with van der Waals surface area (Å²) < 4.78 is 0. The second-order valence-corrected chi connectivity index (χ2v) is 6.25. The monoisotopic (exact) mass is 282 g/mol. The predicted octanol–water partition coefficient (Wildman–Crippen LogP) is 0.130. The Labute approximate surface area is 123 Å². The first-order valence-electron chi connectivity index (χ1n) is 8.12. The molecule has 2 saturated heterocycles. The summed E-state index contributed by atoms with van der Waals surface area (Å²) in [6, 6.07) is 0. The summed E-state index contributed by atoms with van der Waals surface area (Å²) in [5.41, 5.74) is 0. The van der Waals surface area contributed by atoms with Gasteiger partial charge in [-0.25, -0.2) is 0 Å². The first-order chi connectivity index (χ1) is 9.74. The van der Waals surface area contributed by atoms with Crippen LogP contribution >= 0.6 is 0 Å². The largest absolute Gasteiger partial charge is 0.356 e. The number of nitrogens with zero attached hydrogens (tertiary/aromatic N) is 2. The SMILES string of the molecule is CN1CCN(CCCNC(=O)CCC2CCNC2)CC1. The molecule has 116 valence electrons. The van der Waals surface area contributed by atoms with Crippen LogP contribution in [0.15, 0.2) is 0 Å². The number of nitrogens with one attached hydrogen (secondary N) is 2. The van der Waals surface area contributed by atoms with Gasteiger partial charge >= 0.3 is 0 Å². The Hall–Kier alpha value is -0.650. The lowest BCUT2D eigenvalue weighted by Crippen LogP contribution is -2.45. The van der Waals surface area contributed by atoms with Crippen LogP contribution in [0.3, 0.4) is 0 Å². The number of carbonyl (C=O) groups excluding carboxylic acids is 1. The Balaban J connectivity index is 1.44. The van der Waals surface area contributed by atoms with Crippen molar-refractivity contribution >= 4 is 5.91 Å². The molecule has 0 aliphatic carbocycles. The van der Waals surface area contributed by atoms with E-state index in [9.17, 15) is 4.79 Å². The molecule has 5 nitrogen and oxygen atoms in total. The van der Waals surface area contributed by atoms with Gasteiger partial charge in [-0.1, -0.05) is 0 Å². The molecule has 5 heteroatoms. The summed E-state index contributed by atoms with van der Waals surface area (Å²) >= 11 is 0. The summed E-state index contributed by atoms with van der Waals surface area (Å²) in [7, 11) is 2.18. The second kappa shape index (κ2) is 8.60. The summed E-state index contributed by atoms with van der Waals surface area (Å²) in [6.07, 6.45) is 4.04. The highest BCUT2D eigenvalue weighted by atomic mass is 16.1. The van der Waals surface area contributed by atoms with Crippen molar-refractivity contribution in [3.05, 3.63) is 0 Å². The van der Waals surface area contributed by atoms with E-state index in [1.165, 1.54) is 32.6 Å². The predicted molar refractivity (Wildman–Crippen MR) is 81.8 cm³/mol. The molecule has 0 aromatic heterocycles. The topological polar surface area (TPSA) is 47.6 Å². The van der Waals surface area contributed by atoms with Crippen LogP contribution in [0.2, 0.25) is 0 Å². The molecule has 2 aliphatic heterocycles. The fraction of sp³-hybridized carbons (Fsp3) is 0.933. The fourth-order valence-corrected chi connectivity index (χ4v) is 2.99. The van der Waals surface area contributed by atoms with Crippen molar-refractivity contribution in [2.24, 2.45) is 5.92 Å². The molecule has 1 unspecified atom stereocenters. The maximum absolute atomic E-state index is 11.7. The minimum atomic E-state index is 0.232. The number of piperazine rings is 1. The lowest BCUT2D eigenvalue weighted by Gasteiger charge is -2.32. The Morgan fingerprint density at radius 1 is 1.30 bits per heavy atom. The molecule has 0 spiro atoms. The quantitative estimate of drug-likeness (QED) is 0.652. The molecule has 0 saturated carbocycles. The van der Waals surface area contributed by atoms with Crippen LogP contribution < -0.4 is 10.6 Å². The van der Waals surface area contributed by atoms with Crippen molar-refractivity contribution < 1.29 is 4.79 Å². The molecule has 2 N–H and O–H groups in total. The summed E-state index contributed by atoms with van der Waals surface area (Å²) in [6.45, 7) is 8.82. The van der Waals surface area contributed by atoms with Crippen LogP contribution in [0.1, 0.15) is 25.7 Å². The van der Waals surface area contributed by atoms with Gasteiger partial charge in [-0.2, -0.15) is 0 Å². The number of rotatable bonds is 7. The zero-order valence-corrected chi connectivity index (χ0v) is 12.9. The molecule has 2 fully saturated rings. The van der Waals surface area contributed by atoms with Crippen LogP contribution in [-0.4, -0.2) is 75.1 Å². The Bertz CT molecular complexity index is 284. The van der Waals surface area contributed by atoms with E-state index in [-0.39, 0.29) is 5.91 Å². The molecule has 0 radical (unpaired) electrons. The molecule has 0 aromatic rings. The molecule has 0 bridgehead atoms. The van der Waals surface area contributed by atoms with E-state index in [1.807, 2.05) is 0 Å². The van der Waals surface area contributed by atoms with Gasteiger partial charge < -0.3 is 20.4 Å². The minimum Gasteiger partial charge on any atom is -0.356 e. The Morgan fingerprint density at radius 3 is 2.80 bits per heavy atom. The lowest BCUT2D eigenvalue weighted by atomic mass is 10.0. The third-order valence-corrected chi connectivity index (χ3v) is 4.51. The van der Waals surface area contributed by atoms with Crippen molar-refractivity contribution in [2.75, 3.05) is 59.4 Å². The highest BCUT2D eigenvalue weighted by molar-refractivity contribution is 5.75. The smallest absolute Gasteiger partial charge is 0.220 e. The van der Waals surface area contributed by atoms with Crippen molar-refractivity contribution in [1.29, 1.82) is 0 Å². The average molecular weight is 282 g/mol. The zero-order valence-electron chi connectivity index (χ0n) is 12.9. The number of hydrogen-bond acceptors (Lipinski definition) is 4. The Kier molecular flexibility index (Phi) is 6.76. The third-order valence-electron chi connectivity index (χ3n) is 4.51. The molecule has 2 heterocycles. The molecule has 2 aliphatic rings. The first-order valence-corrected chi connectivity index (χ1v) is 8.12. The van der Waals surface area contributed by atoms with Gasteiger partial charge in [-0.15, -0.1) is 0 Å². The highest BCUT2D eigenvalue weighted by Gasteiger charge is 2.16. The molecule has 1 amide bonds. The summed E-state index contributed by atoms with van der Waals surface area (Å²) in [5, 5.41) is 6.41. The van der Waals surface area contributed by atoms with E-state index in [1.54, 1.807) is 0 Å². The second-order valence-electron chi connectivity index (χ2n) is 6.25. The van der Waals surface area contributed by atoms with E-state index in [0.29, 0.717) is 12.3 Å². The van der Waals surface area contributed by atoms with Gasteiger partial charge in [0.15, 0.2) is 0 Å². The van der Waals surface area contributed by atoms with E-state index >= 15 is 0 Å². The summed E-state index contributed by atoms with van der Waals surface area (Å²) in [5.74, 6) is 0.946. The van der Waals surface area contributed by atoms with E-state index < -0.39 is 0 Å². The fourth-order valence-electron chi connectivity index (χ4n) is 2.99. The van der Waals surface area contributed by atoms with Crippen LogP contribution in [-0.2, 0) is 4.79 Å². The van der Waals surface area contributed by atoms with Gasteiger partial charge in [0.2, 0.25) is 5.91 Å². The van der Waals surface area contributed by atoms with Gasteiger partial charge in [0, 0.05) is 39.1 Å². The minimum absolute atomic E-state index is 0.232. The molecule has 2 rings (SSSR count). The third kappa shape index (κ3) is 5.77. The van der Waals surface area contributed by atoms with E-state index in [4.69, 9.17) is 0 Å². The van der Waals surface area contributed by atoms with Gasteiger partial charge in [0.05, 0.1) is 0 Å². The lowest BCUT2D eigenvalue weighted by molar-refractivity contribution is -0.121. The van der Waals surface area contributed by atoms with Crippen molar-refractivity contribution in [1.82, 2.24) is 20.4 Å². The van der Waals surface area contributed by atoms with Crippen molar-refractivity contribution in [3.8, 4) is 0 Å². The van der Waals surface area contributed by atoms with Gasteiger partial charge in [-0.3, -0.25) is 4.79 Å². The maximum atomic E-state index is 11.7. The molecule has 20 heavy (non-hydrogen) atoms. The Morgan fingerprint density at radius 2 is 2.10 bits per heavy atom. The molecular formula is C15H30N4O. The van der Waals surface area contributed by atoms with Crippen LogP contribution in [0.4, 0.5) is 0 Å². The maximum Gasteiger partial charge on any atom is 0.220 e. The standard InChI is InChI=1S/C15H30N4O/c1-18-9-11-19(12-10-18)8-2-6-17-15(20)4-3-14-5-7-16-13-14/h14,16H,2-13H2,1H3,(H,17,20). The van der Waals surface area contributed by atoms with Gasteiger partial charge in [-0.05, 0) is 51.9 Å². The number of carbonyl (C=O) groups is 1. The highest BCUT2D eigenvalue weighted by Crippen LogP contribution is 2.13. The zero-order chi connectivity index (χ0) is 14.2. The van der Waals surface area contributed by atoms with Crippen molar-refractivity contribution in [3.63, 3.8) is 0 Å². The van der Waals surface area contributed by atoms with E-state index in [0.717, 1.165) is 39.0 Å². The molecule has 1 atom stereocenters. The van der Waals surface area contributed by atoms with E-state index in [2.05, 4.69) is 27.5 Å². The van der Waals surface area contributed by atoms with Crippen LogP contribution in [0.5, 0.6) is 0 Å². The summed E-state index contributed by atoms with van der Waals surface area (Å²) in [4.78, 5) is 16.6. The normalized spacial score (nSPS) is 24.9. The average Bonchev–Trinajstić information content (AvgIpc) is 2.96. The van der Waals surface area contributed by atoms with Crippen LogP contribution in [0, 0.1) is 5.92 Å². The van der Waals surface area contributed by atoms with Crippen molar-refractivity contribution in [2.45, 2.75) is 25.7 Å². The van der Waals surface area contributed by atoms with Crippen LogP contribution in [0.25, 0.3) is 0 Å². The number of amides is 1. The van der Waals surface area contributed by atoms with Gasteiger partial charge in [0.25, 0.3) is 0 Å². The van der Waals surface area contributed by atoms with Gasteiger partial charge in [0.1, 0.15) is 0 Å². The number of hydrogen-bond donors (Lipinski definition) is 2. The molecular weight excluding hydrogens is 252 g/mol. The number of likely N-dealkylation sites (N-methyl/N-ethyl adjacent to an activating group) is 1. The first kappa shape index (κ1) is 15.7.